The van der Waals surface area contributed by atoms with Gasteiger partial charge in [-0.1, -0.05) is 59.6 Å². The van der Waals surface area contributed by atoms with Crippen LogP contribution in [-0.4, -0.2) is 12.1 Å². The van der Waals surface area contributed by atoms with Gasteiger partial charge < -0.3 is 4.42 Å². The highest BCUT2D eigenvalue weighted by molar-refractivity contribution is 6.43. The first kappa shape index (κ1) is 18.3. The summed E-state index contributed by atoms with van der Waals surface area (Å²) in [6, 6.07) is 22.2. The van der Waals surface area contributed by atoms with Crippen LogP contribution in [-0.2, 0) is 0 Å². The summed E-state index contributed by atoms with van der Waals surface area (Å²) in [4.78, 5) is 12.3. The zero-order chi connectivity index (χ0) is 19.5. The van der Waals surface area contributed by atoms with E-state index in [0.717, 1.165) is 10.8 Å². The molecule has 3 aromatic carbocycles. The number of hydrazone groups is 1. The molecule has 0 aliphatic rings. The van der Waals surface area contributed by atoms with Crippen molar-refractivity contribution in [3.63, 3.8) is 0 Å². The Morgan fingerprint density at radius 1 is 0.929 bits per heavy atom. The Morgan fingerprint density at radius 2 is 1.75 bits per heavy atom. The second kappa shape index (κ2) is 7.89. The van der Waals surface area contributed by atoms with Crippen LogP contribution in [0.1, 0.15) is 16.1 Å². The largest absolute Gasteiger partial charge is 0.455 e. The molecule has 1 heterocycles. The summed E-state index contributed by atoms with van der Waals surface area (Å²) in [6.45, 7) is 0. The molecule has 4 nitrogen and oxygen atoms in total. The lowest BCUT2D eigenvalue weighted by Gasteiger charge is -2.02. The zero-order valence-corrected chi connectivity index (χ0v) is 16.0. The first-order valence-corrected chi connectivity index (χ1v) is 9.24. The first-order chi connectivity index (χ1) is 13.6. The molecule has 1 amide bonds. The Bertz CT molecular complexity index is 1200. The molecule has 1 N–H and O–H groups in total. The van der Waals surface area contributed by atoms with E-state index in [-0.39, 0.29) is 5.91 Å². The lowest BCUT2D eigenvalue weighted by Crippen LogP contribution is -2.17. The molecule has 28 heavy (non-hydrogen) atoms. The molecule has 0 saturated carbocycles. The third-order valence-electron chi connectivity index (χ3n) is 4.21. The van der Waals surface area contributed by atoms with Crippen molar-refractivity contribution in [1.82, 2.24) is 5.43 Å². The number of benzene rings is 3. The van der Waals surface area contributed by atoms with Gasteiger partial charge in [-0.2, -0.15) is 5.10 Å². The van der Waals surface area contributed by atoms with Crippen molar-refractivity contribution in [2.75, 3.05) is 0 Å². The van der Waals surface area contributed by atoms with Crippen molar-refractivity contribution in [2.24, 2.45) is 5.10 Å². The summed E-state index contributed by atoms with van der Waals surface area (Å²) < 4.78 is 5.71. The highest BCUT2D eigenvalue weighted by atomic mass is 35.5. The number of carbonyl (C=O) groups is 1. The quantitative estimate of drug-likeness (QED) is 0.324. The number of furan rings is 1. The molecule has 0 atom stereocenters. The van der Waals surface area contributed by atoms with Crippen molar-refractivity contribution in [1.29, 1.82) is 0 Å². The predicted octanol–water partition coefficient (Wildman–Crippen LogP) is 6.17. The van der Waals surface area contributed by atoms with Crippen molar-refractivity contribution in [3.8, 4) is 11.3 Å². The number of carbonyl (C=O) groups excluding carboxylic acids is 1. The summed E-state index contributed by atoms with van der Waals surface area (Å²) in [5, 5.41) is 6.91. The Kier molecular flexibility index (Phi) is 5.15. The van der Waals surface area contributed by atoms with Gasteiger partial charge in [0.25, 0.3) is 5.91 Å². The summed E-state index contributed by atoms with van der Waals surface area (Å²) in [5.74, 6) is 0.742. The minimum atomic E-state index is -0.299. The molecule has 1 aromatic heterocycles. The number of fused-ring (bicyclic) bond motifs is 1. The molecule has 138 valence electrons. The molecule has 0 unspecified atom stereocenters. The maximum atomic E-state index is 12.3. The van der Waals surface area contributed by atoms with Gasteiger partial charge in [0.2, 0.25) is 0 Å². The van der Waals surface area contributed by atoms with E-state index in [1.807, 2.05) is 42.5 Å². The van der Waals surface area contributed by atoms with Crippen LogP contribution >= 0.6 is 23.2 Å². The summed E-state index contributed by atoms with van der Waals surface area (Å²) in [5.41, 5.74) is 3.72. The van der Waals surface area contributed by atoms with Crippen LogP contribution in [0.4, 0.5) is 0 Å². The van der Waals surface area contributed by atoms with Gasteiger partial charge in [-0.3, -0.25) is 4.79 Å². The fourth-order valence-corrected chi connectivity index (χ4v) is 3.20. The topological polar surface area (TPSA) is 54.6 Å². The number of nitrogens with zero attached hydrogens (tertiary/aromatic N) is 1. The van der Waals surface area contributed by atoms with Gasteiger partial charge in [0.05, 0.1) is 16.3 Å². The molecule has 0 aliphatic heterocycles. The Balaban J connectivity index is 1.46. The summed E-state index contributed by atoms with van der Waals surface area (Å²) in [6.07, 6.45) is 1.43. The van der Waals surface area contributed by atoms with E-state index in [1.165, 1.54) is 6.21 Å². The lowest BCUT2D eigenvalue weighted by atomic mass is 10.1. The average molecular weight is 409 g/mol. The van der Waals surface area contributed by atoms with Crippen LogP contribution in [0.5, 0.6) is 0 Å². The molecular weight excluding hydrogens is 395 g/mol. The van der Waals surface area contributed by atoms with Crippen LogP contribution < -0.4 is 5.43 Å². The van der Waals surface area contributed by atoms with Crippen LogP contribution in [0.25, 0.3) is 22.1 Å². The Labute approximate surface area is 171 Å². The minimum Gasteiger partial charge on any atom is -0.455 e. The minimum absolute atomic E-state index is 0.299. The first-order valence-electron chi connectivity index (χ1n) is 8.48. The van der Waals surface area contributed by atoms with Crippen LogP contribution in [0.15, 0.2) is 82.3 Å². The third-order valence-corrected chi connectivity index (χ3v) is 5.03. The SMILES string of the molecule is O=C(N/N=C\c1ccc(-c2cccc(Cl)c2Cl)o1)c1ccc2ccccc2c1. The number of halogens is 2. The second-order valence-corrected chi connectivity index (χ2v) is 6.85. The summed E-state index contributed by atoms with van der Waals surface area (Å²) in [7, 11) is 0. The monoisotopic (exact) mass is 408 g/mol. The van der Waals surface area contributed by atoms with E-state index in [4.69, 9.17) is 27.6 Å². The van der Waals surface area contributed by atoms with Crippen molar-refractivity contribution in [2.45, 2.75) is 0 Å². The van der Waals surface area contributed by atoms with E-state index in [0.29, 0.717) is 32.7 Å². The molecular formula is C22H14Cl2N2O2. The van der Waals surface area contributed by atoms with Gasteiger partial charge in [-0.25, -0.2) is 5.43 Å². The fraction of sp³-hybridized carbons (Fsp3) is 0. The molecule has 0 radical (unpaired) electrons. The van der Waals surface area contributed by atoms with Gasteiger partial charge >= 0.3 is 0 Å². The number of amides is 1. The number of hydrogen-bond acceptors (Lipinski definition) is 3. The van der Waals surface area contributed by atoms with Gasteiger partial charge in [-0.05, 0) is 47.2 Å². The highest BCUT2D eigenvalue weighted by Gasteiger charge is 2.10. The van der Waals surface area contributed by atoms with Crippen LogP contribution in [0.2, 0.25) is 10.0 Å². The van der Waals surface area contributed by atoms with E-state index in [2.05, 4.69) is 10.5 Å². The molecule has 0 bridgehead atoms. The van der Waals surface area contributed by atoms with Gasteiger partial charge in [0, 0.05) is 11.1 Å². The molecule has 4 rings (SSSR count). The maximum Gasteiger partial charge on any atom is 0.271 e. The molecule has 0 saturated heterocycles. The normalized spacial score (nSPS) is 11.2. The second-order valence-electron chi connectivity index (χ2n) is 6.06. The fourth-order valence-electron chi connectivity index (χ4n) is 2.81. The average Bonchev–Trinajstić information content (AvgIpc) is 3.18. The summed E-state index contributed by atoms with van der Waals surface area (Å²) >= 11 is 12.2. The van der Waals surface area contributed by atoms with Gasteiger partial charge in [0.15, 0.2) is 0 Å². The molecule has 6 heteroatoms. The lowest BCUT2D eigenvalue weighted by molar-refractivity contribution is 0.0955. The van der Waals surface area contributed by atoms with Crippen LogP contribution in [0, 0.1) is 0 Å². The number of rotatable bonds is 4. The smallest absolute Gasteiger partial charge is 0.271 e. The van der Waals surface area contributed by atoms with E-state index in [1.54, 1.807) is 30.3 Å². The predicted molar refractivity (Wildman–Crippen MR) is 113 cm³/mol. The molecule has 0 spiro atoms. The van der Waals surface area contributed by atoms with E-state index in [9.17, 15) is 4.79 Å². The number of hydrogen-bond donors (Lipinski definition) is 1. The van der Waals surface area contributed by atoms with Crippen molar-refractivity contribution in [3.05, 3.63) is 94.2 Å². The standard InChI is InChI=1S/C22H14Cl2N2O2/c23-19-7-3-6-18(21(19)24)20-11-10-17(28-20)13-25-26-22(27)16-9-8-14-4-1-2-5-15(14)12-16/h1-13H,(H,26,27)/b25-13-. The Morgan fingerprint density at radius 3 is 2.61 bits per heavy atom. The molecule has 0 aliphatic carbocycles. The molecule has 4 aromatic rings. The van der Waals surface area contributed by atoms with Gasteiger partial charge in [0.1, 0.15) is 11.5 Å². The molecule has 0 fully saturated rings. The Hall–Kier alpha value is -3.08. The van der Waals surface area contributed by atoms with E-state index < -0.39 is 0 Å². The van der Waals surface area contributed by atoms with Crippen molar-refractivity contribution < 1.29 is 9.21 Å². The maximum absolute atomic E-state index is 12.3. The van der Waals surface area contributed by atoms with Crippen LogP contribution in [0.3, 0.4) is 0 Å². The number of nitrogens with one attached hydrogen (secondary N) is 1. The van der Waals surface area contributed by atoms with Crippen molar-refractivity contribution >= 4 is 46.1 Å². The highest BCUT2D eigenvalue weighted by Crippen LogP contribution is 2.34. The third kappa shape index (κ3) is 3.79. The zero-order valence-electron chi connectivity index (χ0n) is 14.5. The van der Waals surface area contributed by atoms with E-state index >= 15 is 0 Å². The van der Waals surface area contributed by atoms with Gasteiger partial charge in [-0.15, -0.1) is 0 Å².